The fourth-order valence-electron chi connectivity index (χ4n) is 1.53. The van der Waals surface area contributed by atoms with Crippen molar-refractivity contribution < 1.29 is 4.74 Å². The van der Waals surface area contributed by atoms with Crippen molar-refractivity contribution >= 4 is 0 Å². The summed E-state index contributed by atoms with van der Waals surface area (Å²) < 4.78 is 7.14. The topological polar surface area (TPSA) is 39.1 Å². The molecule has 4 heteroatoms. The van der Waals surface area contributed by atoms with Crippen LogP contribution in [0, 0.1) is 0 Å². The summed E-state index contributed by atoms with van der Waals surface area (Å²) >= 11 is 0. The minimum absolute atomic E-state index is 0.781. The maximum atomic E-state index is 4.95. The Bertz CT molecular complexity index is 260. The minimum atomic E-state index is 0.781. The number of ether oxygens (including phenoxy) is 1. The summed E-state index contributed by atoms with van der Waals surface area (Å²) in [5.41, 5.74) is 0. The molecule has 0 aliphatic carbocycles. The lowest BCUT2D eigenvalue weighted by Gasteiger charge is -2.05. The van der Waals surface area contributed by atoms with Crippen LogP contribution in [0.15, 0.2) is 12.4 Å². The molecule has 0 unspecified atom stereocenters. The molecule has 1 rings (SSSR count). The van der Waals surface area contributed by atoms with E-state index in [4.69, 9.17) is 4.74 Å². The van der Waals surface area contributed by atoms with Gasteiger partial charge >= 0.3 is 0 Å². The second kappa shape index (κ2) is 7.43. The molecule has 4 nitrogen and oxygen atoms in total. The first kappa shape index (κ1) is 12.2. The Morgan fingerprint density at radius 1 is 1.47 bits per heavy atom. The van der Waals surface area contributed by atoms with Crippen molar-refractivity contribution in [1.82, 2.24) is 14.9 Å². The molecule has 0 aliphatic rings. The number of hydrogen-bond acceptors (Lipinski definition) is 3. The van der Waals surface area contributed by atoms with Crippen LogP contribution in [0.2, 0.25) is 0 Å². The van der Waals surface area contributed by atoms with Gasteiger partial charge in [0.25, 0.3) is 0 Å². The summed E-state index contributed by atoms with van der Waals surface area (Å²) in [6.45, 7) is 5.89. The Balaban J connectivity index is 2.09. The Kier molecular flexibility index (Phi) is 6.04. The second-order valence-corrected chi connectivity index (χ2v) is 3.48. The molecular formula is C11H21N3O. The molecule has 0 bridgehead atoms. The zero-order valence-electron chi connectivity index (χ0n) is 9.70. The maximum Gasteiger partial charge on any atom is 0.108 e. The first-order valence-corrected chi connectivity index (χ1v) is 5.58. The van der Waals surface area contributed by atoms with Crippen molar-refractivity contribution in [2.45, 2.75) is 26.3 Å². The van der Waals surface area contributed by atoms with E-state index in [1.165, 1.54) is 5.82 Å². The van der Waals surface area contributed by atoms with Crippen molar-refractivity contribution in [2.75, 3.05) is 26.8 Å². The fourth-order valence-corrected chi connectivity index (χ4v) is 1.53. The molecule has 0 spiro atoms. The number of rotatable bonds is 8. The maximum absolute atomic E-state index is 4.95. The highest BCUT2D eigenvalue weighted by molar-refractivity contribution is 4.92. The lowest BCUT2D eigenvalue weighted by molar-refractivity contribution is 0.199. The summed E-state index contributed by atoms with van der Waals surface area (Å²) in [5, 5.41) is 3.32. The third-order valence-electron chi connectivity index (χ3n) is 2.38. The molecule has 0 saturated heterocycles. The summed E-state index contributed by atoms with van der Waals surface area (Å²) in [7, 11) is 1.72. The first-order valence-electron chi connectivity index (χ1n) is 5.58. The lowest BCUT2D eigenvalue weighted by atomic mass is 10.3. The molecule has 1 N–H and O–H groups in total. The Morgan fingerprint density at radius 2 is 2.33 bits per heavy atom. The van der Waals surface area contributed by atoms with E-state index in [1.807, 2.05) is 12.4 Å². The van der Waals surface area contributed by atoms with Crippen LogP contribution in [0.3, 0.4) is 0 Å². The molecule has 0 aliphatic heterocycles. The number of nitrogens with zero attached hydrogens (tertiary/aromatic N) is 2. The van der Waals surface area contributed by atoms with Gasteiger partial charge < -0.3 is 14.6 Å². The third-order valence-corrected chi connectivity index (χ3v) is 2.38. The normalized spacial score (nSPS) is 10.8. The highest BCUT2D eigenvalue weighted by atomic mass is 16.5. The fraction of sp³-hybridized carbons (Fsp3) is 0.727. The monoisotopic (exact) mass is 211 g/mol. The van der Waals surface area contributed by atoms with Gasteiger partial charge in [-0.15, -0.1) is 0 Å². The average molecular weight is 211 g/mol. The van der Waals surface area contributed by atoms with Crippen LogP contribution in [-0.2, 0) is 17.7 Å². The second-order valence-electron chi connectivity index (χ2n) is 3.48. The van der Waals surface area contributed by atoms with E-state index in [-0.39, 0.29) is 0 Å². The zero-order valence-corrected chi connectivity index (χ0v) is 9.70. The van der Waals surface area contributed by atoms with Gasteiger partial charge in [0.05, 0.1) is 6.61 Å². The quantitative estimate of drug-likeness (QED) is 0.654. The Labute approximate surface area is 91.7 Å². The molecule has 0 saturated carbocycles. The highest BCUT2D eigenvalue weighted by Gasteiger charge is 1.99. The van der Waals surface area contributed by atoms with Crippen molar-refractivity contribution in [2.24, 2.45) is 0 Å². The molecular weight excluding hydrogens is 190 g/mol. The lowest BCUT2D eigenvalue weighted by Crippen LogP contribution is -2.21. The van der Waals surface area contributed by atoms with Gasteiger partial charge in [-0.05, 0) is 19.9 Å². The molecule has 1 aromatic rings. The summed E-state index contributed by atoms with van der Waals surface area (Å²) in [5.74, 6) is 1.19. The van der Waals surface area contributed by atoms with Crippen LogP contribution < -0.4 is 5.32 Å². The van der Waals surface area contributed by atoms with E-state index in [1.54, 1.807) is 7.11 Å². The van der Waals surface area contributed by atoms with Gasteiger partial charge in [0, 0.05) is 39.0 Å². The predicted molar refractivity (Wildman–Crippen MR) is 61.0 cm³/mol. The van der Waals surface area contributed by atoms with Gasteiger partial charge in [-0.1, -0.05) is 0 Å². The van der Waals surface area contributed by atoms with Gasteiger partial charge in [0.15, 0.2) is 0 Å². The standard InChI is InChI=1S/C11H21N3O/c1-3-14-9-7-13-11(14)5-4-6-12-8-10-15-2/h7,9,12H,3-6,8,10H2,1-2H3. The van der Waals surface area contributed by atoms with Gasteiger partial charge in [0.2, 0.25) is 0 Å². The zero-order chi connectivity index (χ0) is 10.9. The molecule has 86 valence electrons. The Morgan fingerprint density at radius 3 is 3.07 bits per heavy atom. The third kappa shape index (κ3) is 4.44. The molecule has 15 heavy (non-hydrogen) atoms. The number of aryl methyl sites for hydroxylation is 2. The van der Waals surface area contributed by atoms with Gasteiger partial charge in [0.1, 0.15) is 5.82 Å². The van der Waals surface area contributed by atoms with Crippen LogP contribution in [-0.4, -0.2) is 36.4 Å². The molecule has 1 heterocycles. The van der Waals surface area contributed by atoms with Gasteiger partial charge in [-0.25, -0.2) is 4.98 Å². The van der Waals surface area contributed by atoms with E-state index in [0.717, 1.165) is 39.1 Å². The van der Waals surface area contributed by atoms with Crippen molar-refractivity contribution in [3.63, 3.8) is 0 Å². The average Bonchev–Trinajstić information content (AvgIpc) is 2.70. The van der Waals surface area contributed by atoms with Crippen LogP contribution in [0.4, 0.5) is 0 Å². The van der Waals surface area contributed by atoms with Crippen molar-refractivity contribution in [1.29, 1.82) is 0 Å². The molecule has 0 aromatic carbocycles. The van der Waals surface area contributed by atoms with E-state index in [0.29, 0.717) is 0 Å². The summed E-state index contributed by atoms with van der Waals surface area (Å²) in [4.78, 5) is 4.33. The summed E-state index contributed by atoms with van der Waals surface area (Å²) in [6.07, 6.45) is 6.08. The Hall–Kier alpha value is -0.870. The van der Waals surface area contributed by atoms with Crippen LogP contribution in [0.5, 0.6) is 0 Å². The van der Waals surface area contributed by atoms with E-state index in [2.05, 4.69) is 21.8 Å². The molecule has 0 amide bonds. The van der Waals surface area contributed by atoms with Crippen molar-refractivity contribution in [3.8, 4) is 0 Å². The predicted octanol–water partition coefficient (Wildman–Crippen LogP) is 1.07. The molecule has 0 fully saturated rings. The highest BCUT2D eigenvalue weighted by Crippen LogP contribution is 2.00. The number of aromatic nitrogens is 2. The van der Waals surface area contributed by atoms with Crippen molar-refractivity contribution in [3.05, 3.63) is 18.2 Å². The van der Waals surface area contributed by atoms with Crippen LogP contribution in [0.1, 0.15) is 19.2 Å². The number of nitrogens with one attached hydrogen (secondary N) is 1. The smallest absolute Gasteiger partial charge is 0.108 e. The number of hydrogen-bond donors (Lipinski definition) is 1. The van der Waals surface area contributed by atoms with E-state index in [9.17, 15) is 0 Å². The van der Waals surface area contributed by atoms with Gasteiger partial charge in [-0.2, -0.15) is 0 Å². The summed E-state index contributed by atoms with van der Waals surface area (Å²) in [6, 6.07) is 0. The number of methoxy groups -OCH3 is 1. The van der Waals surface area contributed by atoms with Crippen LogP contribution >= 0.6 is 0 Å². The largest absolute Gasteiger partial charge is 0.383 e. The van der Waals surface area contributed by atoms with Crippen LogP contribution in [0.25, 0.3) is 0 Å². The van der Waals surface area contributed by atoms with E-state index < -0.39 is 0 Å². The molecule has 0 radical (unpaired) electrons. The SMILES string of the molecule is CCn1ccnc1CCCNCCOC. The van der Waals surface area contributed by atoms with E-state index >= 15 is 0 Å². The minimum Gasteiger partial charge on any atom is -0.383 e. The van der Waals surface area contributed by atoms with Gasteiger partial charge in [-0.3, -0.25) is 0 Å². The molecule has 0 atom stereocenters. The molecule has 1 aromatic heterocycles. The first-order chi connectivity index (χ1) is 7.38. The number of imidazole rings is 1.